The molecule has 0 heterocycles. The van der Waals surface area contributed by atoms with Gasteiger partial charge >= 0.3 is 6.18 Å². The minimum absolute atomic E-state index is 0.636. The maximum atomic E-state index is 12.0. The Kier molecular flexibility index (Phi) is 4.32. The van der Waals surface area contributed by atoms with E-state index < -0.39 is 11.9 Å². The molecule has 0 atom stereocenters. The quantitative estimate of drug-likeness (QED) is 0.797. The van der Waals surface area contributed by atoms with Crippen molar-refractivity contribution in [2.75, 3.05) is 17.6 Å². The molecule has 0 radical (unpaired) electrons. The molecule has 0 aliphatic heterocycles. The molecule has 1 rings (SSSR count). The van der Waals surface area contributed by atoms with Gasteiger partial charge in [-0.25, -0.2) is 0 Å². The van der Waals surface area contributed by atoms with Gasteiger partial charge < -0.3 is 5.32 Å². The van der Waals surface area contributed by atoms with Crippen molar-refractivity contribution in [2.24, 2.45) is 0 Å². The number of halogens is 3. The molecule has 1 aromatic carbocycles. The number of hydrogen-bond donors (Lipinski definition) is 1. The van der Waals surface area contributed by atoms with Gasteiger partial charge in [0.2, 0.25) is 0 Å². The monoisotopic (exact) mass is 235 g/mol. The lowest BCUT2D eigenvalue weighted by molar-refractivity contribution is -0.105. The highest BCUT2D eigenvalue weighted by molar-refractivity contribution is 7.99. The molecule has 0 unspecified atom stereocenters. The van der Waals surface area contributed by atoms with Crippen LogP contribution >= 0.6 is 11.8 Å². The van der Waals surface area contributed by atoms with E-state index in [4.69, 9.17) is 0 Å². The van der Waals surface area contributed by atoms with E-state index in [0.717, 1.165) is 17.4 Å². The molecule has 0 aliphatic carbocycles. The van der Waals surface area contributed by atoms with Crippen LogP contribution in [0, 0.1) is 0 Å². The predicted octanol–water partition coefficient (Wildman–Crippen LogP) is 3.77. The largest absolute Gasteiger partial charge is 0.398 e. The van der Waals surface area contributed by atoms with Crippen molar-refractivity contribution in [1.82, 2.24) is 0 Å². The van der Waals surface area contributed by atoms with Gasteiger partial charge in [0.1, 0.15) is 0 Å². The third kappa shape index (κ3) is 4.46. The molecular weight excluding hydrogens is 223 g/mol. The first-order valence-electron chi connectivity index (χ1n) is 4.55. The summed E-state index contributed by atoms with van der Waals surface area (Å²) in [4.78, 5) is 0.636. The van der Waals surface area contributed by atoms with Gasteiger partial charge in [0.05, 0.1) is 5.75 Å². The van der Waals surface area contributed by atoms with Crippen LogP contribution in [0.1, 0.15) is 6.92 Å². The van der Waals surface area contributed by atoms with Gasteiger partial charge in [-0.2, -0.15) is 13.2 Å². The zero-order chi connectivity index (χ0) is 11.3. The van der Waals surface area contributed by atoms with Crippen LogP contribution in [0.2, 0.25) is 0 Å². The smallest absolute Gasteiger partial charge is 0.384 e. The zero-order valence-corrected chi connectivity index (χ0v) is 9.08. The lowest BCUT2D eigenvalue weighted by Crippen LogP contribution is -2.10. The zero-order valence-electron chi connectivity index (χ0n) is 8.27. The molecule has 0 amide bonds. The molecule has 1 N–H and O–H groups in total. The molecule has 0 aromatic heterocycles. The van der Waals surface area contributed by atoms with Crippen molar-refractivity contribution < 1.29 is 13.2 Å². The van der Waals surface area contributed by atoms with Crippen LogP contribution in [0.15, 0.2) is 29.2 Å². The van der Waals surface area contributed by atoms with E-state index in [9.17, 15) is 13.2 Å². The maximum absolute atomic E-state index is 12.0. The molecule has 0 spiro atoms. The van der Waals surface area contributed by atoms with E-state index >= 15 is 0 Å². The molecule has 84 valence electrons. The number of rotatable bonds is 4. The summed E-state index contributed by atoms with van der Waals surface area (Å²) < 4.78 is 36.1. The minimum Gasteiger partial charge on any atom is -0.384 e. The highest BCUT2D eigenvalue weighted by Crippen LogP contribution is 2.31. The summed E-state index contributed by atoms with van der Waals surface area (Å²) in [7, 11) is 0. The Morgan fingerprint density at radius 1 is 1.27 bits per heavy atom. The second-order valence-electron chi connectivity index (χ2n) is 2.93. The van der Waals surface area contributed by atoms with E-state index in [1.807, 2.05) is 6.92 Å². The fourth-order valence-electron chi connectivity index (χ4n) is 1.09. The van der Waals surface area contributed by atoms with Crippen LogP contribution < -0.4 is 5.32 Å². The Balaban J connectivity index is 2.67. The summed E-state index contributed by atoms with van der Waals surface area (Å²) in [6, 6.07) is 7.01. The average Bonchev–Trinajstić information content (AvgIpc) is 2.16. The number of alkyl halides is 3. The van der Waals surface area contributed by atoms with Crippen LogP contribution in [0.5, 0.6) is 0 Å². The number of thioether (sulfide) groups is 1. The van der Waals surface area contributed by atoms with Gasteiger partial charge in [-0.15, -0.1) is 11.8 Å². The number of hydrogen-bond acceptors (Lipinski definition) is 2. The first-order chi connectivity index (χ1) is 7.03. The standard InChI is InChI=1S/C10H12F3NS/c1-2-14-8-5-3-4-6-9(8)15-7-10(11,12)13/h3-6,14H,2,7H2,1H3. The van der Waals surface area contributed by atoms with Crippen molar-refractivity contribution in [3.05, 3.63) is 24.3 Å². The molecule has 0 bridgehead atoms. The average molecular weight is 235 g/mol. The SMILES string of the molecule is CCNc1ccccc1SCC(F)(F)F. The van der Waals surface area contributed by atoms with Crippen molar-refractivity contribution in [1.29, 1.82) is 0 Å². The lowest BCUT2D eigenvalue weighted by atomic mass is 10.3. The molecular formula is C10H12F3NS. The molecule has 0 saturated carbocycles. The highest BCUT2D eigenvalue weighted by atomic mass is 32.2. The van der Waals surface area contributed by atoms with Crippen LogP contribution in [0.25, 0.3) is 0 Å². The second kappa shape index (κ2) is 5.30. The fraction of sp³-hybridized carbons (Fsp3) is 0.400. The highest BCUT2D eigenvalue weighted by Gasteiger charge is 2.27. The third-order valence-corrected chi connectivity index (χ3v) is 2.78. The van der Waals surface area contributed by atoms with Gasteiger partial charge in [-0.1, -0.05) is 12.1 Å². The molecule has 15 heavy (non-hydrogen) atoms. The van der Waals surface area contributed by atoms with Crippen molar-refractivity contribution in [3.8, 4) is 0 Å². The van der Waals surface area contributed by atoms with Crippen LogP contribution in [0.3, 0.4) is 0 Å². The maximum Gasteiger partial charge on any atom is 0.398 e. The Labute approximate surface area is 91.1 Å². The normalized spacial score (nSPS) is 11.5. The Hall–Kier alpha value is -0.840. The van der Waals surface area contributed by atoms with Crippen LogP contribution in [-0.2, 0) is 0 Å². The summed E-state index contributed by atoms with van der Waals surface area (Å²) in [6.45, 7) is 2.61. The van der Waals surface area contributed by atoms with Gasteiger partial charge in [0.25, 0.3) is 0 Å². The van der Waals surface area contributed by atoms with E-state index in [0.29, 0.717) is 11.4 Å². The predicted molar refractivity (Wildman–Crippen MR) is 57.4 cm³/mol. The molecule has 1 nitrogen and oxygen atoms in total. The molecule has 0 aliphatic rings. The number of nitrogens with one attached hydrogen (secondary N) is 1. The summed E-state index contributed by atoms with van der Waals surface area (Å²) in [6.07, 6.45) is -4.12. The number of para-hydroxylation sites is 1. The Bertz CT molecular complexity index is 312. The van der Waals surface area contributed by atoms with E-state index in [1.54, 1.807) is 24.3 Å². The van der Waals surface area contributed by atoms with Crippen LogP contribution in [0.4, 0.5) is 18.9 Å². The molecule has 5 heteroatoms. The van der Waals surface area contributed by atoms with Gasteiger partial charge in [0.15, 0.2) is 0 Å². The third-order valence-electron chi connectivity index (χ3n) is 1.65. The second-order valence-corrected chi connectivity index (χ2v) is 3.95. The minimum atomic E-state index is -4.12. The van der Waals surface area contributed by atoms with Crippen molar-refractivity contribution >= 4 is 17.4 Å². The molecule has 0 fully saturated rings. The van der Waals surface area contributed by atoms with Crippen molar-refractivity contribution in [3.63, 3.8) is 0 Å². The van der Waals surface area contributed by atoms with E-state index in [1.165, 1.54) is 0 Å². The first-order valence-corrected chi connectivity index (χ1v) is 5.54. The molecule has 0 saturated heterocycles. The summed E-state index contributed by atoms with van der Waals surface area (Å²) >= 11 is 0.806. The lowest BCUT2D eigenvalue weighted by Gasteiger charge is -2.11. The molecule has 1 aromatic rings. The Morgan fingerprint density at radius 3 is 2.53 bits per heavy atom. The number of anilines is 1. The van der Waals surface area contributed by atoms with Crippen molar-refractivity contribution in [2.45, 2.75) is 18.0 Å². The fourth-order valence-corrected chi connectivity index (χ4v) is 1.88. The first kappa shape index (κ1) is 12.2. The summed E-state index contributed by atoms with van der Waals surface area (Å²) in [5, 5.41) is 3.02. The summed E-state index contributed by atoms with van der Waals surface area (Å²) in [5.74, 6) is -0.852. The van der Waals surface area contributed by atoms with Gasteiger partial charge in [0, 0.05) is 17.1 Å². The van der Waals surface area contributed by atoms with E-state index in [-0.39, 0.29) is 0 Å². The van der Waals surface area contributed by atoms with E-state index in [2.05, 4.69) is 5.32 Å². The van der Waals surface area contributed by atoms with Crippen LogP contribution in [-0.4, -0.2) is 18.5 Å². The number of benzene rings is 1. The topological polar surface area (TPSA) is 12.0 Å². The van der Waals surface area contributed by atoms with Gasteiger partial charge in [-0.3, -0.25) is 0 Å². The van der Waals surface area contributed by atoms with Gasteiger partial charge in [-0.05, 0) is 19.1 Å². The Morgan fingerprint density at radius 2 is 1.93 bits per heavy atom. The summed E-state index contributed by atoms with van der Waals surface area (Å²) in [5.41, 5.74) is 0.759.